The number of aryl methyl sites for hydroxylation is 1. The van der Waals surface area contributed by atoms with E-state index >= 15 is 0 Å². The molecule has 1 aliphatic rings. The number of carbonyl (C=O) groups is 1. The van der Waals surface area contributed by atoms with Gasteiger partial charge in [-0.2, -0.15) is 5.10 Å². The van der Waals surface area contributed by atoms with Crippen LogP contribution in [0.2, 0.25) is 5.02 Å². The minimum Gasteiger partial charge on any atom is -0.334 e. The molecule has 1 N–H and O–H groups in total. The third kappa shape index (κ3) is 3.58. The highest BCUT2D eigenvalue weighted by atomic mass is 35.5. The molecule has 1 aromatic heterocycles. The van der Waals surface area contributed by atoms with Crippen molar-refractivity contribution in [3.63, 3.8) is 0 Å². The summed E-state index contributed by atoms with van der Waals surface area (Å²) >= 11 is 6.15. The maximum absolute atomic E-state index is 13.2. The van der Waals surface area contributed by atoms with Crippen LogP contribution in [0.25, 0.3) is 5.69 Å². The van der Waals surface area contributed by atoms with Crippen LogP contribution in [0.5, 0.6) is 0 Å². The van der Waals surface area contributed by atoms with Crippen molar-refractivity contribution < 1.29 is 9.69 Å². The molecule has 134 valence electrons. The van der Waals surface area contributed by atoms with Crippen molar-refractivity contribution in [1.82, 2.24) is 14.7 Å². The summed E-state index contributed by atoms with van der Waals surface area (Å²) in [5.74, 6) is 0.120. The number of hydrogen-bond acceptors (Lipinski definition) is 2. The highest BCUT2D eigenvalue weighted by Crippen LogP contribution is 2.23. The predicted molar refractivity (Wildman–Crippen MR) is 99.9 cm³/mol. The lowest BCUT2D eigenvalue weighted by Gasteiger charge is -2.30. The number of halogens is 1. The van der Waals surface area contributed by atoms with Crippen molar-refractivity contribution in [2.75, 3.05) is 33.2 Å². The van der Waals surface area contributed by atoms with Crippen LogP contribution < -0.4 is 4.90 Å². The Labute approximate surface area is 154 Å². The molecular formula is C19H26ClN4O+. The number of nitrogens with zero attached hydrogens (tertiary/aromatic N) is 3. The second kappa shape index (κ2) is 7.58. The molecule has 1 fully saturated rings. The zero-order chi connectivity index (χ0) is 18.0. The molecule has 0 bridgehead atoms. The van der Waals surface area contributed by atoms with E-state index in [0.717, 1.165) is 61.7 Å². The van der Waals surface area contributed by atoms with Crippen molar-refractivity contribution in [2.24, 2.45) is 0 Å². The number of benzene rings is 1. The van der Waals surface area contributed by atoms with Gasteiger partial charge in [-0.05, 0) is 31.0 Å². The number of amides is 1. The van der Waals surface area contributed by atoms with E-state index in [0.29, 0.717) is 5.02 Å². The average Bonchev–Trinajstić information content (AvgIpc) is 3.00. The number of aromatic nitrogens is 2. The van der Waals surface area contributed by atoms with Crippen molar-refractivity contribution in [3.8, 4) is 5.69 Å². The van der Waals surface area contributed by atoms with Crippen LogP contribution in [0.15, 0.2) is 24.3 Å². The Morgan fingerprint density at radius 2 is 1.96 bits per heavy atom. The van der Waals surface area contributed by atoms with Gasteiger partial charge in [0.05, 0.1) is 55.9 Å². The van der Waals surface area contributed by atoms with Gasteiger partial charge in [-0.25, -0.2) is 4.68 Å². The zero-order valence-corrected chi connectivity index (χ0v) is 15.9. The van der Waals surface area contributed by atoms with Crippen LogP contribution in [0, 0.1) is 0 Å². The van der Waals surface area contributed by atoms with Gasteiger partial charge in [-0.1, -0.05) is 31.5 Å². The molecule has 0 aliphatic carbocycles. The molecule has 0 spiro atoms. The quantitative estimate of drug-likeness (QED) is 0.899. The van der Waals surface area contributed by atoms with Gasteiger partial charge >= 0.3 is 0 Å². The van der Waals surface area contributed by atoms with E-state index in [4.69, 9.17) is 16.7 Å². The first-order valence-corrected chi connectivity index (χ1v) is 9.40. The van der Waals surface area contributed by atoms with Gasteiger partial charge in [-0.15, -0.1) is 0 Å². The minimum absolute atomic E-state index is 0.120. The molecule has 2 aromatic rings. The van der Waals surface area contributed by atoms with E-state index in [9.17, 15) is 4.79 Å². The summed E-state index contributed by atoms with van der Waals surface area (Å²) < 4.78 is 1.89. The SMILES string of the molecule is CCc1nn(-c2cccc(Cl)c2)c(CC)c1C(=O)N1CC[NH+](C)CC1. The fraction of sp³-hybridized carbons (Fsp3) is 0.474. The fourth-order valence-electron chi connectivity index (χ4n) is 3.40. The Morgan fingerprint density at radius 3 is 2.56 bits per heavy atom. The standard InChI is InChI=1S/C19H25ClN4O/c1-4-16-18(19(25)23-11-9-22(3)10-12-23)17(5-2)24(21-16)15-8-6-7-14(20)13-15/h6-8,13H,4-5,9-12H2,1-3H3/p+1. The number of hydrogen-bond donors (Lipinski definition) is 1. The molecule has 3 rings (SSSR count). The summed E-state index contributed by atoms with van der Waals surface area (Å²) in [6.45, 7) is 7.73. The minimum atomic E-state index is 0.120. The highest BCUT2D eigenvalue weighted by molar-refractivity contribution is 6.30. The van der Waals surface area contributed by atoms with E-state index in [1.807, 2.05) is 33.8 Å². The van der Waals surface area contributed by atoms with Gasteiger partial charge in [-0.3, -0.25) is 4.79 Å². The first-order valence-electron chi connectivity index (χ1n) is 9.02. The lowest BCUT2D eigenvalue weighted by atomic mass is 10.1. The van der Waals surface area contributed by atoms with Crippen LogP contribution in [-0.2, 0) is 12.8 Å². The van der Waals surface area contributed by atoms with Crippen molar-refractivity contribution in [1.29, 1.82) is 0 Å². The molecule has 1 aromatic carbocycles. The van der Waals surface area contributed by atoms with Crippen molar-refractivity contribution in [2.45, 2.75) is 26.7 Å². The molecule has 5 nitrogen and oxygen atoms in total. The van der Waals surface area contributed by atoms with Gasteiger partial charge in [0.25, 0.3) is 5.91 Å². The van der Waals surface area contributed by atoms with Gasteiger partial charge in [0.1, 0.15) is 0 Å². The van der Waals surface area contributed by atoms with E-state index in [1.54, 1.807) is 0 Å². The predicted octanol–water partition coefficient (Wildman–Crippen LogP) is 1.62. The maximum Gasteiger partial charge on any atom is 0.258 e. The maximum atomic E-state index is 13.2. The lowest BCUT2D eigenvalue weighted by Crippen LogP contribution is -3.12. The van der Waals surface area contributed by atoms with Crippen LogP contribution in [0.1, 0.15) is 35.6 Å². The van der Waals surface area contributed by atoms with Gasteiger partial charge in [0, 0.05) is 5.02 Å². The van der Waals surface area contributed by atoms with Gasteiger partial charge in [0.2, 0.25) is 0 Å². The molecule has 0 radical (unpaired) electrons. The number of quaternary nitrogens is 1. The fourth-order valence-corrected chi connectivity index (χ4v) is 3.58. The molecule has 1 aliphatic heterocycles. The number of likely N-dealkylation sites (N-methyl/N-ethyl adjacent to an activating group) is 1. The van der Waals surface area contributed by atoms with Crippen molar-refractivity contribution in [3.05, 3.63) is 46.2 Å². The Kier molecular flexibility index (Phi) is 5.45. The molecule has 2 heterocycles. The Hall–Kier alpha value is -1.85. The Morgan fingerprint density at radius 1 is 1.24 bits per heavy atom. The van der Waals surface area contributed by atoms with E-state index in [-0.39, 0.29) is 5.91 Å². The smallest absolute Gasteiger partial charge is 0.258 e. The third-order valence-electron chi connectivity index (χ3n) is 4.89. The molecule has 1 amide bonds. The molecule has 0 atom stereocenters. The summed E-state index contributed by atoms with van der Waals surface area (Å²) in [6.07, 6.45) is 1.49. The van der Waals surface area contributed by atoms with E-state index in [1.165, 1.54) is 4.90 Å². The molecule has 25 heavy (non-hydrogen) atoms. The van der Waals surface area contributed by atoms with Crippen LogP contribution in [0.4, 0.5) is 0 Å². The number of carbonyl (C=O) groups excluding carboxylic acids is 1. The lowest BCUT2D eigenvalue weighted by molar-refractivity contribution is -0.883. The summed E-state index contributed by atoms with van der Waals surface area (Å²) in [7, 11) is 2.17. The van der Waals surface area contributed by atoms with E-state index in [2.05, 4.69) is 20.9 Å². The Balaban J connectivity index is 2.02. The van der Waals surface area contributed by atoms with Crippen molar-refractivity contribution >= 4 is 17.5 Å². The largest absolute Gasteiger partial charge is 0.334 e. The van der Waals surface area contributed by atoms with Gasteiger partial charge in [0.15, 0.2) is 0 Å². The molecule has 6 heteroatoms. The summed E-state index contributed by atoms with van der Waals surface area (Å²) in [5.41, 5.74) is 3.52. The second-order valence-electron chi connectivity index (χ2n) is 6.62. The average molecular weight is 362 g/mol. The molecule has 0 unspecified atom stereocenters. The molecular weight excluding hydrogens is 336 g/mol. The highest BCUT2D eigenvalue weighted by Gasteiger charge is 2.29. The first kappa shape index (κ1) is 18.0. The number of nitrogens with one attached hydrogen (secondary N) is 1. The number of piperazine rings is 1. The topological polar surface area (TPSA) is 42.6 Å². The van der Waals surface area contributed by atoms with Gasteiger partial charge < -0.3 is 9.80 Å². The van der Waals surface area contributed by atoms with Crippen LogP contribution in [-0.4, -0.2) is 53.8 Å². The first-order chi connectivity index (χ1) is 12.0. The van der Waals surface area contributed by atoms with Crippen LogP contribution >= 0.6 is 11.6 Å². The Bertz CT molecular complexity index is 763. The second-order valence-corrected chi connectivity index (χ2v) is 7.05. The summed E-state index contributed by atoms with van der Waals surface area (Å²) in [6, 6.07) is 7.63. The normalized spacial score (nSPS) is 15.6. The third-order valence-corrected chi connectivity index (χ3v) is 5.13. The summed E-state index contributed by atoms with van der Waals surface area (Å²) in [4.78, 5) is 16.7. The zero-order valence-electron chi connectivity index (χ0n) is 15.2. The molecule has 0 saturated carbocycles. The number of rotatable bonds is 4. The molecule has 1 saturated heterocycles. The monoisotopic (exact) mass is 361 g/mol. The van der Waals surface area contributed by atoms with E-state index < -0.39 is 0 Å². The van der Waals surface area contributed by atoms with Crippen LogP contribution in [0.3, 0.4) is 0 Å². The summed E-state index contributed by atoms with van der Waals surface area (Å²) in [5, 5.41) is 5.42.